The molecule has 0 saturated heterocycles. The van der Waals surface area contributed by atoms with Gasteiger partial charge in [0.1, 0.15) is 5.82 Å². The van der Waals surface area contributed by atoms with Crippen LogP contribution in [0.1, 0.15) is 63.0 Å². The number of pyridine rings is 2. The first-order chi connectivity index (χ1) is 16.0. The number of fused-ring (bicyclic) bond motifs is 1. The van der Waals surface area contributed by atoms with Gasteiger partial charge in [0, 0.05) is 25.0 Å². The van der Waals surface area contributed by atoms with Crippen LogP contribution in [0.5, 0.6) is 0 Å². The van der Waals surface area contributed by atoms with Crippen LogP contribution in [0, 0.1) is 0 Å². The van der Waals surface area contributed by atoms with Crippen molar-refractivity contribution in [2.45, 2.75) is 57.9 Å². The monoisotopic (exact) mass is 445 g/mol. The lowest BCUT2D eigenvalue weighted by Crippen LogP contribution is -2.82. The summed E-state index contributed by atoms with van der Waals surface area (Å²) in [5.41, 5.74) is 11.0. The molecule has 1 saturated carbocycles. The highest BCUT2D eigenvalue weighted by Gasteiger charge is 2.19. The summed E-state index contributed by atoms with van der Waals surface area (Å²) < 4.78 is 0. The molecule has 0 unspecified atom stereocenters. The van der Waals surface area contributed by atoms with Gasteiger partial charge in [-0.25, -0.2) is 4.98 Å². The second-order valence-corrected chi connectivity index (χ2v) is 8.85. The summed E-state index contributed by atoms with van der Waals surface area (Å²) in [5.74, 6) is 2.39. The highest BCUT2D eigenvalue weighted by atomic mass is 15.2. The fraction of sp³-hybridized carbons (Fsp3) is 0.400. The third-order valence-electron chi connectivity index (χ3n) is 5.99. The lowest BCUT2D eigenvalue weighted by Gasteiger charge is -2.16. The van der Waals surface area contributed by atoms with Crippen LogP contribution in [-0.4, -0.2) is 39.1 Å². The number of amidine groups is 1. The minimum absolute atomic E-state index is 0.374. The first kappa shape index (κ1) is 22.6. The van der Waals surface area contributed by atoms with Crippen LogP contribution >= 0.6 is 0 Å². The molecule has 3 aromatic rings. The Morgan fingerprint density at radius 3 is 2.67 bits per heavy atom. The van der Waals surface area contributed by atoms with Crippen molar-refractivity contribution in [2.24, 2.45) is 5.73 Å². The zero-order valence-corrected chi connectivity index (χ0v) is 19.6. The molecule has 4 rings (SSSR count). The maximum absolute atomic E-state index is 6.50. The molecule has 33 heavy (non-hydrogen) atoms. The van der Waals surface area contributed by atoms with Gasteiger partial charge in [0.15, 0.2) is 5.82 Å². The van der Waals surface area contributed by atoms with Crippen molar-refractivity contribution in [3.05, 3.63) is 54.0 Å². The standard InChI is InChI=1S/C25H32N8/c1-16(2)17-12-24(33-29-14-17)32-23-10-9-21-22(31-23)11-18(13-28-21)20(15-27-3)25(26)30-19-7-5-4-6-8-19/h9-16,19,27H,4-8H2,1-3H3,(H2,26,30)(H,31,32,33)/p+1/b20-15-. The SMILES string of the molecule is CN/C=C(\C(N)=[NH+]C1CCCCC1)c1cnc2ccc(Nc3cc(C(C)C)cnn3)nc2c1. The fourth-order valence-electron chi connectivity index (χ4n) is 4.12. The highest BCUT2D eigenvalue weighted by molar-refractivity contribution is 6.19. The summed E-state index contributed by atoms with van der Waals surface area (Å²) in [4.78, 5) is 12.9. The third kappa shape index (κ3) is 5.63. The van der Waals surface area contributed by atoms with Crippen molar-refractivity contribution in [1.82, 2.24) is 25.5 Å². The molecule has 172 valence electrons. The second-order valence-electron chi connectivity index (χ2n) is 8.85. The Morgan fingerprint density at radius 1 is 1.09 bits per heavy atom. The predicted molar refractivity (Wildman–Crippen MR) is 133 cm³/mol. The molecule has 0 aromatic carbocycles. The fourth-order valence-corrected chi connectivity index (χ4v) is 4.12. The molecule has 0 radical (unpaired) electrons. The number of anilines is 2. The highest BCUT2D eigenvalue weighted by Crippen LogP contribution is 2.22. The van der Waals surface area contributed by atoms with Crippen molar-refractivity contribution in [1.29, 1.82) is 0 Å². The van der Waals surface area contributed by atoms with E-state index >= 15 is 0 Å². The Balaban J connectivity index is 1.62. The maximum Gasteiger partial charge on any atom is 0.275 e. The average Bonchev–Trinajstić information content (AvgIpc) is 2.83. The van der Waals surface area contributed by atoms with E-state index < -0.39 is 0 Å². The Labute approximate surface area is 194 Å². The van der Waals surface area contributed by atoms with Gasteiger partial charge in [0.2, 0.25) is 0 Å². The minimum atomic E-state index is 0.374. The zero-order valence-electron chi connectivity index (χ0n) is 19.6. The molecule has 8 heteroatoms. The molecule has 1 fully saturated rings. The molecule has 5 N–H and O–H groups in total. The van der Waals surface area contributed by atoms with Crippen LogP contribution < -0.4 is 21.4 Å². The summed E-state index contributed by atoms with van der Waals surface area (Å²) in [6.45, 7) is 4.26. The molecule has 1 aliphatic rings. The van der Waals surface area contributed by atoms with Gasteiger partial charge < -0.3 is 10.6 Å². The second kappa shape index (κ2) is 10.4. The van der Waals surface area contributed by atoms with Crippen molar-refractivity contribution in [3.63, 3.8) is 0 Å². The largest absolute Gasteiger partial charge is 0.393 e. The lowest BCUT2D eigenvalue weighted by atomic mass is 9.96. The first-order valence-corrected chi connectivity index (χ1v) is 11.7. The Bertz CT molecular complexity index is 1160. The Kier molecular flexibility index (Phi) is 7.12. The van der Waals surface area contributed by atoms with E-state index in [4.69, 9.17) is 10.7 Å². The van der Waals surface area contributed by atoms with Gasteiger partial charge in [0.05, 0.1) is 28.8 Å². The number of nitrogens with one attached hydrogen (secondary N) is 3. The number of hydrogen-bond acceptors (Lipinski definition) is 6. The van der Waals surface area contributed by atoms with Crippen molar-refractivity contribution in [3.8, 4) is 0 Å². The molecular weight excluding hydrogens is 412 g/mol. The van der Waals surface area contributed by atoms with Crippen molar-refractivity contribution >= 4 is 34.1 Å². The summed E-state index contributed by atoms with van der Waals surface area (Å²) in [6, 6.07) is 8.28. The number of aromatic nitrogens is 4. The smallest absolute Gasteiger partial charge is 0.275 e. The normalized spacial score (nSPS) is 15.8. The van der Waals surface area contributed by atoms with Gasteiger partial charge >= 0.3 is 0 Å². The van der Waals surface area contributed by atoms with E-state index in [-0.39, 0.29) is 0 Å². The summed E-state index contributed by atoms with van der Waals surface area (Å²) in [7, 11) is 1.87. The van der Waals surface area contributed by atoms with E-state index in [2.05, 4.69) is 44.7 Å². The summed E-state index contributed by atoms with van der Waals surface area (Å²) in [5, 5.41) is 14.7. The number of nitrogens with zero attached hydrogens (tertiary/aromatic N) is 4. The molecule has 3 heterocycles. The van der Waals surface area contributed by atoms with E-state index in [9.17, 15) is 0 Å². The van der Waals surface area contributed by atoms with Crippen LogP contribution in [-0.2, 0) is 0 Å². The zero-order chi connectivity index (χ0) is 23.2. The van der Waals surface area contributed by atoms with Gasteiger partial charge in [-0.2, -0.15) is 5.10 Å². The van der Waals surface area contributed by atoms with Crippen LogP contribution in [0.15, 0.2) is 42.9 Å². The van der Waals surface area contributed by atoms with E-state index in [0.29, 0.717) is 29.4 Å². The van der Waals surface area contributed by atoms with Gasteiger partial charge in [-0.1, -0.05) is 20.3 Å². The minimum Gasteiger partial charge on any atom is -0.393 e. The molecule has 0 amide bonds. The van der Waals surface area contributed by atoms with Crippen LogP contribution in [0.3, 0.4) is 0 Å². The van der Waals surface area contributed by atoms with E-state index in [1.54, 1.807) is 6.20 Å². The molecule has 0 aliphatic heterocycles. The molecular formula is C25H33N8+. The predicted octanol–water partition coefficient (Wildman–Crippen LogP) is 2.62. The van der Waals surface area contributed by atoms with Crippen LogP contribution in [0.25, 0.3) is 16.6 Å². The van der Waals surface area contributed by atoms with Gasteiger partial charge in [-0.3, -0.25) is 15.7 Å². The van der Waals surface area contributed by atoms with E-state index in [1.807, 2.05) is 43.7 Å². The number of hydrogen-bond donors (Lipinski definition) is 4. The topological polar surface area (TPSA) is 116 Å². The first-order valence-electron chi connectivity index (χ1n) is 11.7. The van der Waals surface area contributed by atoms with Crippen LogP contribution in [0.4, 0.5) is 11.6 Å². The number of nitrogens with two attached hydrogens (primary N) is 1. The molecule has 0 atom stereocenters. The van der Waals surface area contributed by atoms with Crippen molar-refractivity contribution in [2.75, 3.05) is 12.4 Å². The van der Waals surface area contributed by atoms with Crippen molar-refractivity contribution < 1.29 is 4.99 Å². The Morgan fingerprint density at radius 2 is 1.91 bits per heavy atom. The summed E-state index contributed by atoms with van der Waals surface area (Å²) >= 11 is 0. The molecule has 0 spiro atoms. The van der Waals surface area contributed by atoms with Gasteiger partial charge in [-0.15, -0.1) is 5.10 Å². The maximum atomic E-state index is 6.50. The molecule has 8 nitrogen and oxygen atoms in total. The van der Waals surface area contributed by atoms with E-state index in [1.165, 1.54) is 19.3 Å². The molecule has 3 aromatic heterocycles. The van der Waals surface area contributed by atoms with Crippen LogP contribution in [0.2, 0.25) is 0 Å². The quantitative estimate of drug-likeness (QED) is 0.326. The Hall–Kier alpha value is -3.55. The third-order valence-corrected chi connectivity index (χ3v) is 5.99. The van der Waals surface area contributed by atoms with E-state index in [0.717, 1.165) is 40.6 Å². The average molecular weight is 446 g/mol. The number of rotatable bonds is 7. The molecule has 0 bridgehead atoms. The summed E-state index contributed by atoms with van der Waals surface area (Å²) in [6.07, 6.45) is 11.6. The lowest BCUT2D eigenvalue weighted by molar-refractivity contribution is -0.507. The molecule has 1 aliphatic carbocycles. The van der Waals surface area contributed by atoms with Gasteiger partial charge in [-0.05, 0) is 61.4 Å². The van der Waals surface area contributed by atoms with Gasteiger partial charge in [0.25, 0.3) is 5.84 Å².